The zero-order valence-electron chi connectivity index (χ0n) is 12.6. The van der Waals surface area contributed by atoms with E-state index in [9.17, 15) is 4.79 Å². The van der Waals surface area contributed by atoms with Gasteiger partial charge in [-0.1, -0.05) is 49.7 Å². The Hall–Kier alpha value is -1.88. The van der Waals surface area contributed by atoms with E-state index in [1.54, 1.807) is 18.0 Å². The zero-order chi connectivity index (χ0) is 15.6. The van der Waals surface area contributed by atoms with Crippen LogP contribution in [-0.2, 0) is 11.3 Å². The molecule has 0 saturated carbocycles. The quantitative estimate of drug-likeness (QED) is 0.872. The van der Waals surface area contributed by atoms with Gasteiger partial charge in [0.15, 0.2) is 0 Å². The highest BCUT2D eigenvalue weighted by atomic mass is 35.5. The molecule has 0 aliphatic carbocycles. The first-order chi connectivity index (χ1) is 9.79. The van der Waals surface area contributed by atoms with Gasteiger partial charge in [-0.05, 0) is 12.1 Å². The molecule has 6 heteroatoms. The summed E-state index contributed by atoms with van der Waals surface area (Å²) in [6.45, 7) is 5.88. The molecule has 0 atom stereocenters. The molecule has 1 aromatic heterocycles. The monoisotopic (exact) mass is 307 g/mol. The summed E-state index contributed by atoms with van der Waals surface area (Å²) in [4.78, 5) is 18.0. The number of carbonyl (C=O) groups is 1. The van der Waals surface area contributed by atoms with Crippen molar-refractivity contribution >= 4 is 17.5 Å². The average Bonchev–Trinajstić information content (AvgIpc) is 2.85. The van der Waals surface area contributed by atoms with E-state index in [-0.39, 0.29) is 12.5 Å². The molecule has 112 valence electrons. The summed E-state index contributed by atoms with van der Waals surface area (Å²) in [5.41, 5.74) is 0.263. The Morgan fingerprint density at radius 2 is 2.00 bits per heavy atom. The molecule has 0 aliphatic rings. The van der Waals surface area contributed by atoms with Crippen LogP contribution in [0.3, 0.4) is 0 Å². The number of nitrogens with zero attached hydrogens (tertiary/aromatic N) is 3. The van der Waals surface area contributed by atoms with Crippen molar-refractivity contribution in [2.24, 2.45) is 5.41 Å². The van der Waals surface area contributed by atoms with Crippen LogP contribution in [-0.4, -0.2) is 28.0 Å². The molecule has 0 fully saturated rings. The Labute approximate surface area is 128 Å². The molecule has 1 heterocycles. The summed E-state index contributed by atoms with van der Waals surface area (Å²) in [7, 11) is 1.72. The van der Waals surface area contributed by atoms with Crippen molar-refractivity contribution in [2.75, 3.05) is 7.05 Å². The molecule has 0 spiro atoms. The first-order valence-electron chi connectivity index (χ1n) is 6.62. The third-order valence-corrected chi connectivity index (χ3v) is 3.27. The fourth-order valence-electron chi connectivity index (χ4n) is 1.92. The molecule has 0 N–H and O–H groups in total. The van der Waals surface area contributed by atoms with E-state index in [0.717, 1.165) is 0 Å². The number of benzene rings is 1. The largest absolute Gasteiger partial charge is 0.337 e. The van der Waals surface area contributed by atoms with Gasteiger partial charge >= 0.3 is 0 Å². The number of halogens is 1. The van der Waals surface area contributed by atoms with Crippen LogP contribution in [0.1, 0.15) is 26.7 Å². The number of rotatable bonds is 3. The number of hydrogen-bond acceptors (Lipinski definition) is 4. The standard InChI is InChI=1S/C15H18ClN3O2/c1-15(2,3)14(20)19(4)9-12-17-13(18-21-12)10-7-5-6-8-11(10)16/h5-8H,9H2,1-4H3. The Morgan fingerprint density at radius 3 is 2.62 bits per heavy atom. The van der Waals surface area contributed by atoms with Gasteiger partial charge in [0.2, 0.25) is 17.6 Å². The van der Waals surface area contributed by atoms with E-state index in [4.69, 9.17) is 16.1 Å². The summed E-state index contributed by atoms with van der Waals surface area (Å²) < 4.78 is 5.19. The normalized spacial score (nSPS) is 11.5. The Bertz CT molecular complexity index is 646. The smallest absolute Gasteiger partial charge is 0.246 e. The summed E-state index contributed by atoms with van der Waals surface area (Å²) in [5.74, 6) is 0.817. The van der Waals surface area contributed by atoms with Gasteiger partial charge in [-0.15, -0.1) is 0 Å². The van der Waals surface area contributed by atoms with Crippen molar-refractivity contribution in [3.8, 4) is 11.4 Å². The van der Waals surface area contributed by atoms with Crippen LogP contribution < -0.4 is 0 Å². The molecule has 21 heavy (non-hydrogen) atoms. The van der Waals surface area contributed by atoms with Gasteiger partial charge in [0.05, 0.1) is 11.6 Å². The van der Waals surface area contributed by atoms with Crippen molar-refractivity contribution in [3.05, 3.63) is 35.2 Å². The van der Waals surface area contributed by atoms with Gasteiger partial charge in [-0.25, -0.2) is 0 Å². The topological polar surface area (TPSA) is 59.2 Å². The summed E-state index contributed by atoms with van der Waals surface area (Å²) in [6.07, 6.45) is 0. The molecule has 0 unspecified atom stereocenters. The highest BCUT2D eigenvalue weighted by Crippen LogP contribution is 2.25. The first-order valence-corrected chi connectivity index (χ1v) is 7.00. The van der Waals surface area contributed by atoms with E-state index in [1.165, 1.54) is 0 Å². The van der Waals surface area contributed by atoms with Crippen molar-refractivity contribution in [3.63, 3.8) is 0 Å². The maximum absolute atomic E-state index is 12.1. The molecule has 1 amide bonds. The van der Waals surface area contributed by atoms with Crippen LogP contribution in [0.2, 0.25) is 5.02 Å². The molecule has 5 nitrogen and oxygen atoms in total. The number of aromatic nitrogens is 2. The average molecular weight is 308 g/mol. The summed E-state index contributed by atoms with van der Waals surface area (Å²) >= 11 is 6.10. The van der Waals surface area contributed by atoms with Gasteiger partial charge < -0.3 is 9.42 Å². The second-order valence-corrected chi connectivity index (χ2v) is 6.31. The summed E-state index contributed by atoms with van der Waals surface area (Å²) in [6, 6.07) is 7.28. The molecular weight excluding hydrogens is 290 g/mol. The molecule has 1 aromatic carbocycles. The van der Waals surface area contributed by atoms with Crippen molar-refractivity contribution in [1.82, 2.24) is 15.0 Å². The lowest BCUT2D eigenvalue weighted by Crippen LogP contribution is -2.36. The lowest BCUT2D eigenvalue weighted by Gasteiger charge is -2.24. The number of amides is 1. The van der Waals surface area contributed by atoms with E-state index < -0.39 is 5.41 Å². The molecule has 2 rings (SSSR count). The molecule has 0 saturated heterocycles. The van der Waals surface area contributed by atoms with Gasteiger partial charge in [0, 0.05) is 18.0 Å². The fraction of sp³-hybridized carbons (Fsp3) is 0.400. The molecular formula is C15H18ClN3O2. The minimum absolute atomic E-state index is 0.0139. The van der Waals surface area contributed by atoms with E-state index in [1.807, 2.05) is 39.0 Å². The fourth-order valence-corrected chi connectivity index (χ4v) is 2.14. The Balaban J connectivity index is 2.15. The Morgan fingerprint density at radius 1 is 1.33 bits per heavy atom. The predicted octanol–water partition coefficient (Wildman–Crippen LogP) is 3.39. The van der Waals surface area contributed by atoms with Gasteiger partial charge in [-0.2, -0.15) is 4.98 Å². The van der Waals surface area contributed by atoms with Crippen LogP contribution in [0.15, 0.2) is 28.8 Å². The number of hydrogen-bond donors (Lipinski definition) is 0. The highest BCUT2D eigenvalue weighted by Gasteiger charge is 2.26. The van der Waals surface area contributed by atoms with Gasteiger partial charge in [-0.3, -0.25) is 4.79 Å². The zero-order valence-corrected chi connectivity index (χ0v) is 13.3. The second-order valence-electron chi connectivity index (χ2n) is 5.90. The van der Waals surface area contributed by atoms with Crippen molar-refractivity contribution in [2.45, 2.75) is 27.3 Å². The van der Waals surface area contributed by atoms with Crippen LogP contribution in [0.25, 0.3) is 11.4 Å². The first kappa shape index (κ1) is 15.5. The van der Waals surface area contributed by atoms with E-state index in [0.29, 0.717) is 22.3 Å². The minimum atomic E-state index is -0.444. The Kier molecular flexibility index (Phi) is 4.32. The van der Waals surface area contributed by atoms with E-state index in [2.05, 4.69) is 10.1 Å². The van der Waals surface area contributed by atoms with Crippen LogP contribution >= 0.6 is 11.6 Å². The maximum Gasteiger partial charge on any atom is 0.246 e. The van der Waals surface area contributed by atoms with Gasteiger partial charge in [0.1, 0.15) is 0 Å². The van der Waals surface area contributed by atoms with Crippen LogP contribution in [0, 0.1) is 5.41 Å². The molecule has 2 aromatic rings. The van der Waals surface area contributed by atoms with Crippen LogP contribution in [0.4, 0.5) is 0 Å². The van der Waals surface area contributed by atoms with Crippen molar-refractivity contribution in [1.29, 1.82) is 0 Å². The third-order valence-electron chi connectivity index (χ3n) is 2.94. The van der Waals surface area contributed by atoms with Crippen molar-refractivity contribution < 1.29 is 9.32 Å². The van der Waals surface area contributed by atoms with E-state index >= 15 is 0 Å². The highest BCUT2D eigenvalue weighted by molar-refractivity contribution is 6.33. The molecule has 0 radical (unpaired) electrons. The SMILES string of the molecule is CN(Cc1nc(-c2ccccc2Cl)no1)C(=O)C(C)(C)C. The van der Waals surface area contributed by atoms with Gasteiger partial charge in [0.25, 0.3) is 0 Å². The second kappa shape index (κ2) is 5.85. The maximum atomic E-state index is 12.1. The molecule has 0 bridgehead atoms. The summed E-state index contributed by atoms with van der Waals surface area (Å²) in [5, 5.41) is 4.47. The minimum Gasteiger partial charge on any atom is -0.337 e. The lowest BCUT2D eigenvalue weighted by molar-refractivity contribution is -0.138. The molecule has 0 aliphatic heterocycles. The van der Waals surface area contributed by atoms with Crippen LogP contribution in [0.5, 0.6) is 0 Å². The number of carbonyl (C=O) groups excluding carboxylic acids is 1. The predicted molar refractivity (Wildman–Crippen MR) is 80.7 cm³/mol. The lowest BCUT2D eigenvalue weighted by atomic mass is 9.95. The third kappa shape index (κ3) is 3.61.